The van der Waals surface area contributed by atoms with Crippen molar-refractivity contribution in [3.63, 3.8) is 0 Å². The summed E-state index contributed by atoms with van der Waals surface area (Å²) >= 11 is 0. The molecule has 0 aliphatic carbocycles. The number of para-hydroxylation sites is 1. The summed E-state index contributed by atoms with van der Waals surface area (Å²) in [5, 5.41) is 4.33. The fraction of sp³-hybridized carbons (Fsp3) is 0.348. The van der Waals surface area contributed by atoms with Crippen molar-refractivity contribution in [2.24, 2.45) is 7.05 Å². The predicted octanol–water partition coefficient (Wildman–Crippen LogP) is 3.96. The summed E-state index contributed by atoms with van der Waals surface area (Å²) in [6.07, 6.45) is 3.89. The molecular weight excluding hydrogens is 368 g/mol. The second-order valence-corrected chi connectivity index (χ2v) is 7.11. The van der Waals surface area contributed by atoms with E-state index < -0.39 is 0 Å². The van der Waals surface area contributed by atoms with Crippen molar-refractivity contribution in [3.05, 3.63) is 53.7 Å². The maximum Gasteiger partial charge on any atom is 0.251 e. The van der Waals surface area contributed by atoms with Crippen molar-refractivity contribution in [1.29, 1.82) is 0 Å². The van der Waals surface area contributed by atoms with E-state index in [1.165, 1.54) is 37.8 Å². The highest BCUT2D eigenvalue weighted by Gasteiger charge is 2.18. The highest BCUT2D eigenvalue weighted by Crippen LogP contribution is 2.38. The molecule has 29 heavy (non-hydrogen) atoms. The molecule has 2 aromatic carbocycles. The lowest BCUT2D eigenvalue weighted by atomic mass is 10.0. The van der Waals surface area contributed by atoms with Crippen molar-refractivity contribution in [2.45, 2.75) is 25.8 Å². The summed E-state index contributed by atoms with van der Waals surface area (Å²) in [5.41, 5.74) is 2.98. The first-order chi connectivity index (χ1) is 14.0. The quantitative estimate of drug-likeness (QED) is 0.626. The second kappa shape index (κ2) is 8.90. The number of aromatic nitrogens is 1. The lowest BCUT2D eigenvalue weighted by molar-refractivity contribution is 0.0937. The van der Waals surface area contributed by atoms with Crippen molar-refractivity contribution in [2.75, 3.05) is 21.3 Å². The summed E-state index contributed by atoms with van der Waals surface area (Å²) in [6.45, 7) is 2.01. The normalized spacial score (nSPS) is 11.9. The van der Waals surface area contributed by atoms with Gasteiger partial charge in [-0.3, -0.25) is 4.79 Å². The maximum absolute atomic E-state index is 12.8. The molecule has 1 N–H and O–H groups in total. The van der Waals surface area contributed by atoms with E-state index in [4.69, 9.17) is 14.2 Å². The Bertz CT molecular complexity index is 984. The molecule has 0 radical (unpaired) electrons. The average molecular weight is 396 g/mol. The van der Waals surface area contributed by atoms with Crippen molar-refractivity contribution in [3.8, 4) is 17.2 Å². The van der Waals surface area contributed by atoms with Crippen LogP contribution in [0.5, 0.6) is 17.2 Å². The first-order valence-corrected chi connectivity index (χ1v) is 9.62. The second-order valence-electron chi connectivity index (χ2n) is 7.11. The van der Waals surface area contributed by atoms with Crippen LogP contribution in [-0.4, -0.2) is 37.8 Å². The molecule has 6 nitrogen and oxygen atoms in total. The zero-order valence-corrected chi connectivity index (χ0v) is 17.6. The predicted molar refractivity (Wildman–Crippen MR) is 114 cm³/mol. The molecule has 154 valence electrons. The Kier molecular flexibility index (Phi) is 6.32. The van der Waals surface area contributed by atoms with Gasteiger partial charge in [-0.15, -0.1) is 0 Å². The van der Waals surface area contributed by atoms with E-state index in [0.717, 1.165) is 12.8 Å². The lowest BCUT2D eigenvalue weighted by Crippen LogP contribution is -2.32. The van der Waals surface area contributed by atoms with E-state index in [1.54, 1.807) is 12.1 Å². The minimum Gasteiger partial charge on any atom is -0.493 e. The largest absolute Gasteiger partial charge is 0.493 e. The Morgan fingerprint density at radius 2 is 1.72 bits per heavy atom. The lowest BCUT2D eigenvalue weighted by Gasteiger charge is -2.16. The van der Waals surface area contributed by atoms with Crippen LogP contribution in [0.25, 0.3) is 10.9 Å². The van der Waals surface area contributed by atoms with Crippen LogP contribution >= 0.6 is 0 Å². The Hall–Kier alpha value is -3.15. The number of hydrogen-bond acceptors (Lipinski definition) is 4. The minimum atomic E-state index is -0.172. The standard InChI is InChI=1S/C23H28N2O4/c1-15(10-11-16-14-25(2)19-9-7-6-8-18(16)19)24-23(26)17-12-20(27-3)22(29-5)21(13-17)28-4/h6-9,12-15H,10-11H2,1-5H3,(H,24,26)/t15-/m0/s1. The van der Waals surface area contributed by atoms with E-state index >= 15 is 0 Å². The molecule has 1 atom stereocenters. The first-order valence-electron chi connectivity index (χ1n) is 9.62. The third-order valence-electron chi connectivity index (χ3n) is 5.13. The molecule has 0 saturated carbocycles. The number of ether oxygens (including phenoxy) is 3. The van der Waals surface area contributed by atoms with Crippen molar-refractivity contribution < 1.29 is 19.0 Å². The molecule has 0 fully saturated rings. The summed E-state index contributed by atoms with van der Waals surface area (Å²) in [5.74, 6) is 1.21. The van der Waals surface area contributed by atoms with Crippen LogP contribution in [0.3, 0.4) is 0 Å². The molecule has 3 rings (SSSR count). The van der Waals surface area contributed by atoms with Crippen LogP contribution in [0.4, 0.5) is 0 Å². The molecule has 3 aromatic rings. The number of benzene rings is 2. The average Bonchev–Trinajstić information content (AvgIpc) is 3.06. The van der Waals surface area contributed by atoms with Gasteiger partial charge >= 0.3 is 0 Å². The number of amides is 1. The SMILES string of the molecule is COc1cc(C(=O)N[C@@H](C)CCc2cn(C)c3ccccc23)cc(OC)c1OC. The van der Waals surface area contributed by atoms with Crippen LogP contribution in [-0.2, 0) is 13.5 Å². The molecule has 0 saturated heterocycles. The highest BCUT2D eigenvalue weighted by atomic mass is 16.5. The zero-order valence-electron chi connectivity index (χ0n) is 17.6. The number of carbonyl (C=O) groups excluding carboxylic acids is 1. The van der Waals surface area contributed by atoms with E-state index in [0.29, 0.717) is 22.8 Å². The van der Waals surface area contributed by atoms with E-state index in [1.807, 2.05) is 13.0 Å². The van der Waals surface area contributed by atoms with Crippen LogP contribution < -0.4 is 19.5 Å². The molecular formula is C23H28N2O4. The first kappa shape index (κ1) is 20.6. The van der Waals surface area contributed by atoms with Crippen LogP contribution in [0.1, 0.15) is 29.3 Å². The summed E-state index contributed by atoms with van der Waals surface area (Å²) in [7, 11) is 6.66. The van der Waals surface area contributed by atoms with Gasteiger partial charge in [-0.05, 0) is 43.5 Å². The summed E-state index contributed by atoms with van der Waals surface area (Å²) in [6, 6.07) is 11.7. The van der Waals surface area contributed by atoms with Gasteiger partial charge in [-0.2, -0.15) is 0 Å². The van der Waals surface area contributed by atoms with Gasteiger partial charge in [0.2, 0.25) is 5.75 Å². The fourth-order valence-electron chi connectivity index (χ4n) is 3.59. The Morgan fingerprint density at radius 1 is 1.07 bits per heavy atom. The van der Waals surface area contributed by atoms with Gasteiger partial charge in [-0.1, -0.05) is 18.2 Å². The number of aryl methyl sites for hydroxylation is 2. The number of nitrogens with one attached hydrogen (secondary N) is 1. The molecule has 1 amide bonds. The molecule has 0 aliphatic heterocycles. The molecule has 0 spiro atoms. The molecule has 0 aliphatic rings. The highest BCUT2D eigenvalue weighted by molar-refractivity contribution is 5.95. The van der Waals surface area contributed by atoms with E-state index in [2.05, 4.69) is 41.3 Å². The van der Waals surface area contributed by atoms with Crippen LogP contribution in [0.2, 0.25) is 0 Å². The van der Waals surface area contributed by atoms with E-state index in [-0.39, 0.29) is 11.9 Å². The smallest absolute Gasteiger partial charge is 0.251 e. The molecule has 0 bridgehead atoms. The Balaban J connectivity index is 1.69. The molecule has 6 heteroatoms. The number of fused-ring (bicyclic) bond motifs is 1. The third-order valence-corrected chi connectivity index (χ3v) is 5.13. The van der Waals surface area contributed by atoms with Crippen LogP contribution in [0, 0.1) is 0 Å². The van der Waals surface area contributed by atoms with Crippen molar-refractivity contribution >= 4 is 16.8 Å². The van der Waals surface area contributed by atoms with Crippen molar-refractivity contribution in [1.82, 2.24) is 9.88 Å². The Morgan fingerprint density at radius 3 is 2.34 bits per heavy atom. The monoisotopic (exact) mass is 396 g/mol. The third kappa shape index (κ3) is 4.31. The van der Waals surface area contributed by atoms with Gasteiger partial charge in [-0.25, -0.2) is 0 Å². The van der Waals surface area contributed by atoms with Gasteiger partial charge < -0.3 is 24.1 Å². The zero-order chi connectivity index (χ0) is 21.0. The number of rotatable bonds is 8. The van der Waals surface area contributed by atoms with Gasteiger partial charge in [0.1, 0.15) is 0 Å². The maximum atomic E-state index is 12.8. The number of hydrogen-bond donors (Lipinski definition) is 1. The number of nitrogens with zero attached hydrogens (tertiary/aromatic N) is 1. The topological polar surface area (TPSA) is 61.7 Å². The molecule has 1 aromatic heterocycles. The van der Waals surface area contributed by atoms with E-state index in [9.17, 15) is 4.79 Å². The van der Waals surface area contributed by atoms with Gasteiger partial charge in [0.15, 0.2) is 11.5 Å². The summed E-state index contributed by atoms with van der Waals surface area (Å²) in [4.78, 5) is 12.8. The minimum absolute atomic E-state index is 0.0144. The fourth-order valence-corrected chi connectivity index (χ4v) is 3.59. The number of methoxy groups -OCH3 is 3. The number of carbonyl (C=O) groups is 1. The van der Waals surface area contributed by atoms with Crippen LogP contribution in [0.15, 0.2) is 42.6 Å². The van der Waals surface area contributed by atoms with Gasteiger partial charge in [0.05, 0.1) is 21.3 Å². The van der Waals surface area contributed by atoms with Gasteiger partial charge in [0, 0.05) is 35.8 Å². The molecule has 1 heterocycles. The summed E-state index contributed by atoms with van der Waals surface area (Å²) < 4.78 is 18.1. The Labute approximate surface area is 171 Å². The van der Waals surface area contributed by atoms with Gasteiger partial charge in [0.25, 0.3) is 5.91 Å². The molecule has 0 unspecified atom stereocenters.